The van der Waals surface area contributed by atoms with Crippen LogP contribution in [0.15, 0.2) is 54.8 Å². The summed E-state index contributed by atoms with van der Waals surface area (Å²) in [6.07, 6.45) is 3.38. The second-order valence-electron chi connectivity index (χ2n) is 6.63. The van der Waals surface area contributed by atoms with Gasteiger partial charge in [0.1, 0.15) is 6.61 Å². The maximum Gasteiger partial charge on any atom is 0.176 e. The lowest BCUT2D eigenvalue weighted by molar-refractivity contribution is 0.0926. The van der Waals surface area contributed by atoms with E-state index in [1.807, 2.05) is 18.2 Å². The average molecular weight is 385 g/mol. The Morgan fingerprint density at radius 3 is 2.70 bits per heavy atom. The number of ketones is 1. The van der Waals surface area contributed by atoms with Gasteiger partial charge in [-0.3, -0.25) is 9.69 Å². The molecule has 0 N–H and O–H groups in total. The number of hydrogen-bond donors (Lipinski definition) is 0. The monoisotopic (exact) mass is 384 g/mol. The van der Waals surface area contributed by atoms with E-state index in [1.165, 1.54) is 0 Å². The van der Waals surface area contributed by atoms with Crippen molar-refractivity contribution < 1.29 is 14.3 Å². The van der Waals surface area contributed by atoms with Crippen LogP contribution in [0.4, 0.5) is 5.69 Å². The number of Topliss-reactive ketones (excluding diaryl/α,β-unsaturated/α-hetero) is 1. The Morgan fingerprint density at radius 1 is 1.04 bits per heavy atom. The molecular formula is C21H21ClN2O3. The van der Waals surface area contributed by atoms with Crippen LogP contribution in [0.3, 0.4) is 0 Å². The first kappa shape index (κ1) is 17.9. The first-order valence-corrected chi connectivity index (χ1v) is 9.41. The topological polar surface area (TPSA) is 42.0 Å². The molecular weight excluding hydrogens is 364 g/mol. The molecule has 6 heteroatoms. The number of ether oxygens (including phenoxy) is 2. The average Bonchev–Trinajstić information content (AvgIpc) is 2.93. The number of hydrogen-bond acceptors (Lipinski definition) is 5. The molecule has 2 aliphatic heterocycles. The molecule has 5 nitrogen and oxygen atoms in total. The molecule has 0 spiro atoms. The zero-order valence-electron chi connectivity index (χ0n) is 14.9. The molecule has 0 atom stereocenters. The summed E-state index contributed by atoms with van der Waals surface area (Å²) in [5.41, 5.74) is 1.77. The predicted octanol–water partition coefficient (Wildman–Crippen LogP) is 3.63. The van der Waals surface area contributed by atoms with Crippen molar-refractivity contribution in [1.29, 1.82) is 0 Å². The van der Waals surface area contributed by atoms with Crippen LogP contribution in [0.25, 0.3) is 0 Å². The van der Waals surface area contributed by atoms with Crippen molar-refractivity contribution in [3.63, 3.8) is 0 Å². The van der Waals surface area contributed by atoms with Crippen LogP contribution >= 0.6 is 11.6 Å². The third-order valence-corrected chi connectivity index (χ3v) is 5.04. The van der Waals surface area contributed by atoms with Gasteiger partial charge in [0.05, 0.1) is 12.8 Å². The van der Waals surface area contributed by atoms with Crippen LogP contribution in [-0.2, 0) is 0 Å². The lowest BCUT2D eigenvalue weighted by Crippen LogP contribution is -2.48. The molecule has 0 saturated carbocycles. The number of fused-ring (bicyclic) bond motifs is 1. The fourth-order valence-electron chi connectivity index (χ4n) is 3.32. The minimum Gasteiger partial charge on any atom is -0.485 e. The lowest BCUT2D eigenvalue weighted by atomic mass is 10.1. The van der Waals surface area contributed by atoms with E-state index in [9.17, 15) is 4.79 Å². The van der Waals surface area contributed by atoms with Crippen LogP contribution in [0.2, 0.25) is 5.02 Å². The van der Waals surface area contributed by atoms with Gasteiger partial charge in [0.15, 0.2) is 17.3 Å². The summed E-state index contributed by atoms with van der Waals surface area (Å²) < 4.78 is 11.1. The number of carbonyl (C=O) groups excluding carboxylic acids is 1. The number of anilines is 1. The first-order valence-electron chi connectivity index (χ1n) is 9.04. The molecule has 2 aromatic rings. The van der Waals surface area contributed by atoms with Crippen LogP contribution < -0.4 is 14.4 Å². The summed E-state index contributed by atoms with van der Waals surface area (Å²) in [5.74, 6) is 1.33. The van der Waals surface area contributed by atoms with Crippen molar-refractivity contribution >= 4 is 23.1 Å². The van der Waals surface area contributed by atoms with Crippen LogP contribution in [0.5, 0.6) is 11.5 Å². The fourth-order valence-corrected chi connectivity index (χ4v) is 3.51. The van der Waals surface area contributed by atoms with Crippen molar-refractivity contribution in [2.75, 3.05) is 44.2 Å². The number of rotatable bonds is 4. The SMILES string of the molecule is O=C(CN1CCN(c2cccc(Cl)c2)CC1)c1ccc2c(c1)OC=CCO2. The Bertz CT molecular complexity index is 860. The van der Waals surface area contributed by atoms with Gasteiger partial charge >= 0.3 is 0 Å². The molecule has 2 aliphatic rings. The molecule has 1 saturated heterocycles. The molecule has 2 aromatic carbocycles. The Balaban J connectivity index is 1.36. The maximum absolute atomic E-state index is 12.7. The summed E-state index contributed by atoms with van der Waals surface area (Å²) in [7, 11) is 0. The smallest absolute Gasteiger partial charge is 0.176 e. The zero-order chi connectivity index (χ0) is 18.6. The maximum atomic E-state index is 12.7. The van der Waals surface area contributed by atoms with Crippen molar-refractivity contribution in [2.45, 2.75) is 0 Å². The molecule has 0 aliphatic carbocycles. The number of benzene rings is 2. The Morgan fingerprint density at radius 2 is 1.89 bits per heavy atom. The molecule has 0 unspecified atom stereocenters. The standard InChI is InChI=1S/C21H21ClN2O3/c22-17-3-1-4-18(14-17)24-9-7-23(8-10-24)15-19(25)16-5-6-20-21(13-16)27-12-2-11-26-20/h1-6,12-14H,7-11,15H2. The van der Waals surface area contributed by atoms with Gasteiger partial charge in [0.2, 0.25) is 0 Å². The number of nitrogens with zero attached hydrogens (tertiary/aromatic N) is 2. The number of carbonyl (C=O) groups is 1. The molecule has 0 amide bonds. The third-order valence-electron chi connectivity index (χ3n) is 4.80. The summed E-state index contributed by atoms with van der Waals surface area (Å²) in [6, 6.07) is 13.3. The summed E-state index contributed by atoms with van der Waals surface area (Å²) >= 11 is 6.09. The van der Waals surface area contributed by atoms with Gasteiger partial charge in [-0.15, -0.1) is 0 Å². The minimum absolute atomic E-state index is 0.0887. The molecule has 2 heterocycles. The highest BCUT2D eigenvalue weighted by Crippen LogP contribution is 2.30. The molecule has 0 radical (unpaired) electrons. The number of piperazine rings is 1. The van der Waals surface area contributed by atoms with E-state index in [-0.39, 0.29) is 5.78 Å². The van der Waals surface area contributed by atoms with Crippen molar-refractivity contribution in [3.8, 4) is 11.5 Å². The molecule has 140 valence electrons. The molecule has 4 rings (SSSR count). The zero-order valence-corrected chi connectivity index (χ0v) is 15.7. The van der Waals surface area contributed by atoms with Gasteiger partial charge in [0, 0.05) is 42.5 Å². The third kappa shape index (κ3) is 4.26. The summed E-state index contributed by atoms with van der Waals surface area (Å²) in [4.78, 5) is 17.2. The Hall–Kier alpha value is -2.50. The molecule has 27 heavy (non-hydrogen) atoms. The quantitative estimate of drug-likeness (QED) is 0.753. The van der Waals surface area contributed by atoms with Crippen LogP contribution in [0.1, 0.15) is 10.4 Å². The van der Waals surface area contributed by atoms with E-state index in [1.54, 1.807) is 30.5 Å². The second-order valence-corrected chi connectivity index (χ2v) is 7.06. The lowest BCUT2D eigenvalue weighted by Gasteiger charge is -2.35. The predicted molar refractivity (Wildman–Crippen MR) is 106 cm³/mol. The van der Waals surface area contributed by atoms with E-state index in [2.05, 4.69) is 15.9 Å². The highest BCUT2D eigenvalue weighted by Gasteiger charge is 2.21. The highest BCUT2D eigenvalue weighted by atomic mass is 35.5. The van der Waals surface area contributed by atoms with E-state index < -0.39 is 0 Å². The Kier molecular flexibility index (Phi) is 5.32. The van der Waals surface area contributed by atoms with Crippen molar-refractivity contribution in [1.82, 2.24) is 4.90 Å². The van der Waals surface area contributed by atoms with Gasteiger partial charge in [-0.05, 0) is 42.5 Å². The van der Waals surface area contributed by atoms with Gasteiger partial charge in [-0.2, -0.15) is 0 Å². The van der Waals surface area contributed by atoms with Crippen LogP contribution in [0, 0.1) is 0 Å². The van der Waals surface area contributed by atoms with E-state index in [4.69, 9.17) is 21.1 Å². The molecule has 1 fully saturated rings. The van der Waals surface area contributed by atoms with Crippen LogP contribution in [-0.4, -0.2) is 50.0 Å². The second kappa shape index (κ2) is 8.03. The van der Waals surface area contributed by atoms with Crippen molar-refractivity contribution in [2.24, 2.45) is 0 Å². The van der Waals surface area contributed by atoms with Gasteiger partial charge in [-0.1, -0.05) is 17.7 Å². The Labute approximate surface area is 163 Å². The number of halogens is 1. The van der Waals surface area contributed by atoms with Gasteiger partial charge < -0.3 is 14.4 Å². The normalized spacial score (nSPS) is 16.9. The van der Waals surface area contributed by atoms with Crippen molar-refractivity contribution in [3.05, 3.63) is 65.4 Å². The van der Waals surface area contributed by atoms with E-state index >= 15 is 0 Å². The molecule has 0 bridgehead atoms. The minimum atomic E-state index is 0.0887. The largest absolute Gasteiger partial charge is 0.485 e. The van der Waals surface area contributed by atoms with E-state index in [0.717, 1.165) is 36.9 Å². The first-order chi connectivity index (χ1) is 13.2. The summed E-state index contributed by atoms with van der Waals surface area (Å²) in [6.45, 7) is 4.30. The molecule has 0 aromatic heterocycles. The van der Waals surface area contributed by atoms with Gasteiger partial charge in [-0.25, -0.2) is 0 Å². The highest BCUT2D eigenvalue weighted by molar-refractivity contribution is 6.30. The summed E-state index contributed by atoms with van der Waals surface area (Å²) in [5, 5.41) is 0.745. The van der Waals surface area contributed by atoms with Gasteiger partial charge in [0.25, 0.3) is 0 Å². The fraction of sp³-hybridized carbons (Fsp3) is 0.286. The van der Waals surface area contributed by atoms with E-state index in [0.29, 0.717) is 30.2 Å².